The van der Waals surface area contributed by atoms with Crippen LogP contribution >= 0.6 is 22.9 Å². The molecule has 2 heterocycles. The second-order valence-corrected chi connectivity index (χ2v) is 7.92. The summed E-state index contributed by atoms with van der Waals surface area (Å²) in [5.74, 6) is -0.138. The minimum Gasteiger partial charge on any atom is -0.463 e. The van der Waals surface area contributed by atoms with Crippen molar-refractivity contribution in [3.63, 3.8) is 0 Å². The number of carbonyl (C=O) groups excluding carboxylic acids is 2. The quantitative estimate of drug-likeness (QED) is 0.320. The normalized spacial score (nSPS) is 11.1. The number of amides is 2. The molecule has 0 bridgehead atoms. The number of nitrogens with zero attached hydrogens (tertiary/aromatic N) is 1. The smallest absolute Gasteiger partial charge is 0.271 e. The van der Waals surface area contributed by atoms with Gasteiger partial charge in [0.2, 0.25) is 0 Å². The van der Waals surface area contributed by atoms with Gasteiger partial charge in [-0.15, -0.1) is 11.3 Å². The van der Waals surface area contributed by atoms with E-state index in [1.165, 1.54) is 23.8 Å². The van der Waals surface area contributed by atoms with Crippen LogP contribution in [0.3, 0.4) is 0 Å². The Balaban J connectivity index is 1.42. The maximum atomic E-state index is 12.7. The van der Waals surface area contributed by atoms with E-state index in [0.717, 1.165) is 15.6 Å². The summed E-state index contributed by atoms with van der Waals surface area (Å²) in [5.41, 5.74) is 4.48. The van der Waals surface area contributed by atoms with Gasteiger partial charge in [-0.25, -0.2) is 5.43 Å². The number of furan rings is 1. The molecule has 2 aromatic carbocycles. The lowest BCUT2D eigenvalue weighted by Crippen LogP contribution is -2.17. The zero-order chi connectivity index (χ0) is 21.1. The summed E-state index contributed by atoms with van der Waals surface area (Å²) in [5, 5.41) is 7.95. The van der Waals surface area contributed by atoms with Crippen molar-refractivity contribution < 1.29 is 14.0 Å². The highest BCUT2D eigenvalue weighted by molar-refractivity contribution is 7.21. The molecule has 150 valence electrons. The lowest BCUT2D eigenvalue weighted by Gasteiger charge is -2.05. The lowest BCUT2D eigenvalue weighted by atomic mass is 10.2. The van der Waals surface area contributed by atoms with Gasteiger partial charge in [-0.1, -0.05) is 23.7 Å². The lowest BCUT2D eigenvalue weighted by molar-refractivity contribution is 0.0954. The van der Waals surface area contributed by atoms with Crippen LogP contribution < -0.4 is 10.7 Å². The monoisotopic (exact) mass is 437 g/mol. The summed E-state index contributed by atoms with van der Waals surface area (Å²) in [6, 6.07) is 15.8. The van der Waals surface area contributed by atoms with Gasteiger partial charge in [0.15, 0.2) is 0 Å². The highest BCUT2D eigenvalue weighted by Crippen LogP contribution is 2.36. The molecule has 0 fully saturated rings. The first-order chi connectivity index (χ1) is 14.5. The van der Waals surface area contributed by atoms with Gasteiger partial charge in [0.05, 0.1) is 17.5 Å². The Morgan fingerprint density at radius 2 is 1.90 bits per heavy atom. The second kappa shape index (κ2) is 8.52. The number of hydrogen-bond acceptors (Lipinski definition) is 5. The van der Waals surface area contributed by atoms with E-state index in [1.54, 1.807) is 36.4 Å². The Morgan fingerprint density at radius 1 is 1.10 bits per heavy atom. The van der Waals surface area contributed by atoms with Gasteiger partial charge in [0, 0.05) is 21.3 Å². The number of rotatable bonds is 5. The van der Waals surface area contributed by atoms with Crippen molar-refractivity contribution in [3.05, 3.63) is 87.6 Å². The molecular weight excluding hydrogens is 422 g/mol. The van der Waals surface area contributed by atoms with Gasteiger partial charge in [0.25, 0.3) is 11.8 Å². The highest BCUT2D eigenvalue weighted by Gasteiger charge is 2.17. The number of carbonyl (C=O) groups is 2. The molecule has 0 aliphatic rings. The van der Waals surface area contributed by atoms with Crippen molar-refractivity contribution in [2.45, 2.75) is 6.92 Å². The third-order valence-corrected chi connectivity index (χ3v) is 5.95. The average molecular weight is 438 g/mol. The molecule has 0 saturated carbocycles. The number of thiophene rings is 1. The van der Waals surface area contributed by atoms with Crippen LogP contribution in [0.4, 0.5) is 5.69 Å². The van der Waals surface area contributed by atoms with Crippen molar-refractivity contribution in [1.29, 1.82) is 0 Å². The fourth-order valence-electron chi connectivity index (χ4n) is 2.80. The van der Waals surface area contributed by atoms with E-state index < -0.39 is 0 Å². The zero-order valence-electron chi connectivity index (χ0n) is 15.8. The van der Waals surface area contributed by atoms with Crippen LogP contribution in [0.2, 0.25) is 5.02 Å². The fraction of sp³-hybridized carbons (Fsp3) is 0.0455. The molecular formula is C22H16ClN3O3S. The van der Waals surface area contributed by atoms with E-state index in [9.17, 15) is 9.59 Å². The number of fused-ring (bicyclic) bond motifs is 1. The Kier molecular flexibility index (Phi) is 5.65. The van der Waals surface area contributed by atoms with Crippen LogP contribution in [0.5, 0.6) is 0 Å². The number of hydrogen-bond donors (Lipinski definition) is 2. The van der Waals surface area contributed by atoms with E-state index in [-0.39, 0.29) is 11.8 Å². The maximum absolute atomic E-state index is 12.7. The third-order valence-electron chi connectivity index (χ3n) is 4.30. The molecule has 2 N–H and O–H groups in total. The summed E-state index contributed by atoms with van der Waals surface area (Å²) in [4.78, 5) is 25.3. The number of anilines is 1. The summed E-state index contributed by atoms with van der Waals surface area (Å²) in [6.45, 7) is 1.99. The van der Waals surface area contributed by atoms with E-state index in [4.69, 9.17) is 16.0 Å². The Labute approximate surface area is 181 Å². The van der Waals surface area contributed by atoms with Gasteiger partial charge in [-0.3, -0.25) is 9.59 Å². The zero-order valence-corrected chi connectivity index (χ0v) is 17.4. The first-order valence-corrected chi connectivity index (χ1v) is 10.2. The molecule has 30 heavy (non-hydrogen) atoms. The predicted octanol–water partition coefficient (Wildman–Crippen LogP) is 5.47. The molecule has 0 spiro atoms. The molecule has 4 aromatic rings. The van der Waals surface area contributed by atoms with Gasteiger partial charge >= 0.3 is 0 Å². The molecule has 8 heteroatoms. The Bertz CT molecular complexity index is 1240. The molecule has 0 saturated heterocycles. The van der Waals surface area contributed by atoms with Gasteiger partial charge in [-0.2, -0.15) is 5.10 Å². The first-order valence-electron chi connectivity index (χ1n) is 8.98. The van der Waals surface area contributed by atoms with E-state index in [0.29, 0.717) is 26.9 Å². The van der Waals surface area contributed by atoms with Crippen molar-refractivity contribution in [1.82, 2.24) is 5.43 Å². The molecule has 4 rings (SSSR count). The topological polar surface area (TPSA) is 83.7 Å². The van der Waals surface area contributed by atoms with E-state index in [1.807, 2.05) is 25.1 Å². The number of nitrogens with one attached hydrogen (secondary N) is 2. The van der Waals surface area contributed by atoms with Crippen LogP contribution in [0, 0.1) is 6.92 Å². The van der Waals surface area contributed by atoms with Crippen LogP contribution in [-0.2, 0) is 0 Å². The summed E-state index contributed by atoms with van der Waals surface area (Å²) in [7, 11) is 0. The van der Waals surface area contributed by atoms with Crippen LogP contribution in [0.25, 0.3) is 10.1 Å². The Morgan fingerprint density at radius 3 is 2.63 bits per heavy atom. The predicted molar refractivity (Wildman–Crippen MR) is 120 cm³/mol. The van der Waals surface area contributed by atoms with Crippen molar-refractivity contribution in [2.75, 3.05) is 5.32 Å². The fourth-order valence-corrected chi connectivity index (χ4v) is 4.31. The van der Waals surface area contributed by atoms with Crippen LogP contribution in [-0.4, -0.2) is 18.0 Å². The average Bonchev–Trinajstić information content (AvgIpc) is 3.36. The molecule has 6 nitrogen and oxygen atoms in total. The van der Waals surface area contributed by atoms with E-state index in [2.05, 4.69) is 15.8 Å². The second-order valence-electron chi connectivity index (χ2n) is 6.49. The van der Waals surface area contributed by atoms with Gasteiger partial charge < -0.3 is 9.73 Å². The minimum absolute atomic E-state index is 0.292. The number of halogens is 1. The van der Waals surface area contributed by atoms with Gasteiger partial charge in [0.1, 0.15) is 10.6 Å². The van der Waals surface area contributed by atoms with Crippen LogP contribution in [0.1, 0.15) is 31.4 Å². The maximum Gasteiger partial charge on any atom is 0.271 e. The Hall–Kier alpha value is -3.42. The largest absolute Gasteiger partial charge is 0.463 e. The molecule has 0 aliphatic carbocycles. The van der Waals surface area contributed by atoms with E-state index >= 15 is 0 Å². The minimum atomic E-state index is -0.376. The molecule has 2 amide bonds. The third kappa shape index (κ3) is 4.27. The number of hydrazone groups is 1. The standard InChI is InChI=1S/C22H16ClN3O3S/c1-13-4-9-17-18(11-13)30-20(19(17)23)22(28)25-15-7-5-14(6-8-15)21(27)26-24-12-16-3-2-10-29-16/h2-12H,1H3,(H,25,28)(H,26,27)/b24-12-. The first kappa shape index (κ1) is 19.9. The van der Waals surface area contributed by atoms with Crippen molar-refractivity contribution in [2.24, 2.45) is 5.10 Å². The number of aryl methyl sites for hydroxylation is 1. The molecule has 0 atom stereocenters. The molecule has 0 radical (unpaired) electrons. The summed E-state index contributed by atoms with van der Waals surface area (Å²) in [6.07, 6.45) is 2.92. The van der Waals surface area contributed by atoms with Crippen molar-refractivity contribution in [3.8, 4) is 0 Å². The summed E-state index contributed by atoms with van der Waals surface area (Å²) >= 11 is 7.75. The summed E-state index contributed by atoms with van der Waals surface area (Å²) < 4.78 is 6.06. The molecule has 0 aliphatic heterocycles. The number of benzene rings is 2. The molecule has 0 unspecified atom stereocenters. The molecule has 2 aromatic heterocycles. The van der Waals surface area contributed by atoms with Crippen LogP contribution in [0.15, 0.2) is 70.4 Å². The van der Waals surface area contributed by atoms with Gasteiger partial charge in [-0.05, 0) is 55.0 Å². The van der Waals surface area contributed by atoms with Crippen molar-refractivity contribution >= 4 is 56.7 Å². The highest BCUT2D eigenvalue weighted by atomic mass is 35.5. The SMILES string of the molecule is Cc1ccc2c(Cl)c(C(=O)Nc3ccc(C(=O)N/N=C\c4ccco4)cc3)sc2c1.